The molecule has 3 heterocycles. The molecule has 6 heteroatoms. The highest BCUT2D eigenvalue weighted by atomic mass is 32.2. The summed E-state index contributed by atoms with van der Waals surface area (Å²) in [7, 11) is 0. The monoisotopic (exact) mass is 398 g/mol. The minimum Gasteiger partial charge on any atom is -0.377 e. The number of fused-ring (bicyclic) bond motifs is 1. The molecule has 1 aromatic carbocycles. The third-order valence-electron chi connectivity index (χ3n) is 4.66. The number of thioether (sulfide) groups is 1. The van der Waals surface area contributed by atoms with Crippen molar-refractivity contribution < 1.29 is 4.74 Å². The first-order chi connectivity index (χ1) is 13.3. The van der Waals surface area contributed by atoms with Crippen molar-refractivity contribution in [1.29, 1.82) is 0 Å². The predicted molar refractivity (Wildman–Crippen MR) is 114 cm³/mol. The minimum absolute atomic E-state index is 0.00499. The average Bonchev–Trinajstić information content (AvgIpc) is 3.15. The Hall–Kier alpha value is -1.89. The average molecular weight is 399 g/mol. The molecule has 0 aliphatic carbocycles. The summed E-state index contributed by atoms with van der Waals surface area (Å²) in [5.74, 6) is 0.825. The fourth-order valence-electron chi connectivity index (χ4n) is 3.25. The molecule has 1 fully saturated rings. The molecule has 0 N–H and O–H groups in total. The molecule has 4 nitrogen and oxygen atoms in total. The van der Waals surface area contributed by atoms with Crippen molar-refractivity contribution in [3.8, 4) is 10.4 Å². The van der Waals surface area contributed by atoms with E-state index in [4.69, 9.17) is 9.72 Å². The van der Waals surface area contributed by atoms with Crippen molar-refractivity contribution in [2.75, 3.05) is 12.4 Å². The van der Waals surface area contributed by atoms with Crippen LogP contribution in [0.2, 0.25) is 0 Å². The summed E-state index contributed by atoms with van der Waals surface area (Å²) in [5.41, 5.74) is 1.12. The van der Waals surface area contributed by atoms with E-state index in [1.165, 1.54) is 6.42 Å². The fourth-order valence-corrected chi connectivity index (χ4v) is 5.40. The first-order valence-electron chi connectivity index (χ1n) is 9.21. The quantitative estimate of drug-likeness (QED) is 0.334. The highest BCUT2D eigenvalue weighted by molar-refractivity contribution is 7.99. The molecule has 1 saturated heterocycles. The number of rotatable bonds is 6. The molecule has 0 spiro atoms. The summed E-state index contributed by atoms with van der Waals surface area (Å²) in [6.07, 6.45) is 5.43. The van der Waals surface area contributed by atoms with Gasteiger partial charge in [-0.1, -0.05) is 48.2 Å². The Bertz CT molecular complexity index is 989. The van der Waals surface area contributed by atoms with Gasteiger partial charge in [-0.3, -0.25) is 9.36 Å². The smallest absolute Gasteiger partial charge is 0.263 e. The van der Waals surface area contributed by atoms with E-state index in [2.05, 4.69) is 18.7 Å². The van der Waals surface area contributed by atoms with Crippen LogP contribution in [0.5, 0.6) is 0 Å². The van der Waals surface area contributed by atoms with E-state index in [9.17, 15) is 4.79 Å². The standard InChI is InChI=1S/C21H22N2O2S2/c1-2-11-23-20(24)17-13-18(15-8-4-3-5-9-15)27-19(17)22-21(23)26-14-16-10-6-7-12-25-16/h2-5,8-9,13,16H,1,6-7,10-12,14H2/t16-/m0/s1. The third-order valence-corrected chi connectivity index (χ3v) is 6.84. The van der Waals surface area contributed by atoms with Crippen molar-refractivity contribution in [2.45, 2.75) is 37.1 Å². The van der Waals surface area contributed by atoms with Crippen LogP contribution >= 0.6 is 23.1 Å². The lowest BCUT2D eigenvalue weighted by Gasteiger charge is -2.22. The second-order valence-corrected chi connectivity index (χ2v) is 8.61. The molecule has 3 aromatic rings. The molecule has 1 atom stereocenters. The predicted octanol–water partition coefficient (Wildman–Crippen LogP) is 4.97. The normalized spacial score (nSPS) is 17.3. The lowest BCUT2D eigenvalue weighted by molar-refractivity contribution is 0.0315. The number of thiophene rings is 1. The van der Waals surface area contributed by atoms with Gasteiger partial charge in [0.05, 0.1) is 11.5 Å². The summed E-state index contributed by atoms with van der Waals surface area (Å²) in [6.45, 7) is 5.10. The van der Waals surface area contributed by atoms with Gasteiger partial charge in [0.2, 0.25) is 0 Å². The molecule has 0 saturated carbocycles. The molecule has 0 unspecified atom stereocenters. The van der Waals surface area contributed by atoms with E-state index in [0.717, 1.165) is 45.6 Å². The summed E-state index contributed by atoms with van der Waals surface area (Å²) >= 11 is 3.19. The Morgan fingerprint density at radius 2 is 2.19 bits per heavy atom. The Balaban J connectivity index is 1.70. The van der Waals surface area contributed by atoms with Crippen LogP contribution in [0.25, 0.3) is 20.7 Å². The van der Waals surface area contributed by atoms with Gasteiger partial charge in [-0.15, -0.1) is 17.9 Å². The van der Waals surface area contributed by atoms with Gasteiger partial charge in [0.15, 0.2) is 5.16 Å². The van der Waals surface area contributed by atoms with E-state index in [0.29, 0.717) is 11.9 Å². The van der Waals surface area contributed by atoms with E-state index in [-0.39, 0.29) is 11.7 Å². The second-order valence-electron chi connectivity index (χ2n) is 6.59. The number of hydrogen-bond donors (Lipinski definition) is 0. The molecule has 1 aliphatic rings. The maximum absolute atomic E-state index is 13.1. The summed E-state index contributed by atoms with van der Waals surface area (Å²) in [4.78, 5) is 19.8. The first kappa shape index (κ1) is 18.5. The SMILES string of the molecule is C=CCn1c(SC[C@@H]2CCCCO2)nc2sc(-c3ccccc3)cc2c1=O. The molecule has 2 aromatic heterocycles. The van der Waals surface area contributed by atoms with Crippen LogP contribution in [-0.4, -0.2) is 28.0 Å². The number of hydrogen-bond acceptors (Lipinski definition) is 5. The highest BCUT2D eigenvalue weighted by Crippen LogP contribution is 2.32. The lowest BCUT2D eigenvalue weighted by Crippen LogP contribution is -2.24. The van der Waals surface area contributed by atoms with Gasteiger partial charge in [0, 0.05) is 23.8 Å². The Morgan fingerprint density at radius 1 is 1.33 bits per heavy atom. The molecular weight excluding hydrogens is 376 g/mol. The summed E-state index contributed by atoms with van der Waals surface area (Å²) in [5, 5.41) is 1.43. The largest absolute Gasteiger partial charge is 0.377 e. The zero-order chi connectivity index (χ0) is 18.6. The minimum atomic E-state index is 0.00499. The van der Waals surface area contributed by atoms with Crippen LogP contribution in [0.1, 0.15) is 19.3 Å². The molecule has 1 aliphatic heterocycles. The fraction of sp³-hybridized carbons (Fsp3) is 0.333. The third kappa shape index (κ3) is 4.03. The Kier molecular flexibility index (Phi) is 5.76. The van der Waals surface area contributed by atoms with Crippen molar-refractivity contribution in [3.05, 3.63) is 59.4 Å². The van der Waals surface area contributed by atoms with Gasteiger partial charge >= 0.3 is 0 Å². The molecule has 0 radical (unpaired) electrons. The van der Waals surface area contributed by atoms with Gasteiger partial charge < -0.3 is 4.74 Å². The van der Waals surface area contributed by atoms with E-state index in [1.807, 2.05) is 24.3 Å². The zero-order valence-corrected chi connectivity index (χ0v) is 16.7. The molecule has 0 amide bonds. The number of aromatic nitrogens is 2. The van der Waals surface area contributed by atoms with Gasteiger partial charge in [0.1, 0.15) is 4.83 Å². The topological polar surface area (TPSA) is 44.1 Å². The van der Waals surface area contributed by atoms with E-state index in [1.54, 1.807) is 33.7 Å². The van der Waals surface area contributed by atoms with Crippen LogP contribution in [0.15, 0.2) is 59.0 Å². The molecule has 4 rings (SSSR count). The summed E-state index contributed by atoms with van der Waals surface area (Å²) in [6, 6.07) is 12.1. The number of allylic oxidation sites excluding steroid dienone is 1. The van der Waals surface area contributed by atoms with Crippen molar-refractivity contribution >= 4 is 33.3 Å². The Morgan fingerprint density at radius 3 is 2.93 bits per heavy atom. The highest BCUT2D eigenvalue weighted by Gasteiger charge is 2.18. The van der Waals surface area contributed by atoms with Crippen molar-refractivity contribution in [3.63, 3.8) is 0 Å². The van der Waals surface area contributed by atoms with E-state index < -0.39 is 0 Å². The van der Waals surface area contributed by atoms with Crippen LogP contribution in [0.4, 0.5) is 0 Å². The molecule has 140 valence electrons. The second kappa shape index (κ2) is 8.42. The van der Waals surface area contributed by atoms with Crippen LogP contribution in [0.3, 0.4) is 0 Å². The molecular formula is C21H22N2O2S2. The van der Waals surface area contributed by atoms with E-state index >= 15 is 0 Å². The Labute approximate surface area is 166 Å². The van der Waals surface area contributed by atoms with Gasteiger partial charge in [0.25, 0.3) is 5.56 Å². The van der Waals surface area contributed by atoms with Crippen molar-refractivity contribution in [1.82, 2.24) is 9.55 Å². The van der Waals surface area contributed by atoms with Gasteiger partial charge in [-0.2, -0.15) is 0 Å². The van der Waals surface area contributed by atoms with Crippen molar-refractivity contribution in [2.24, 2.45) is 0 Å². The van der Waals surface area contributed by atoms with Crippen LogP contribution < -0.4 is 5.56 Å². The van der Waals surface area contributed by atoms with Crippen LogP contribution in [-0.2, 0) is 11.3 Å². The molecule has 0 bridgehead atoms. The maximum Gasteiger partial charge on any atom is 0.263 e. The van der Waals surface area contributed by atoms with Gasteiger partial charge in [-0.05, 0) is 30.9 Å². The summed E-state index contributed by atoms with van der Waals surface area (Å²) < 4.78 is 7.55. The van der Waals surface area contributed by atoms with Crippen LogP contribution in [0, 0.1) is 0 Å². The number of nitrogens with zero attached hydrogens (tertiary/aromatic N) is 2. The molecule has 27 heavy (non-hydrogen) atoms. The van der Waals surface area contributed by atoms with Gasteiger partial charge in [-0.25, -0.2) is 4.98 Å². The first-order valence-corrected chi connectivity index (χ1v) is 11.0. The lowest BCUT2D eigenvalue weighted by atomic mass is 10.1. The number of ether oxygens (including phenoxy) is 1. The number of benzene rings is 1. The maximum atomic E-state index is 13.1. The zero-order valence-electron chi connectivity index (χ0n) is 15.1.